The molecule has 4 rings (SSSR count). The summed E-state index contributed by atoms with van der Waals surface area (Å²) in [7, 11) is 0. The van der Waals surface area contributed by atoms with Crippen LogP contribution in [-0.4, -0.2) is 56.5 Å². The van der Waals surface area contributed by atoms with Gasteiger partial charge in [0.1, 0.15) is 0 Å². The van der Waals surface area contributed by atoms with Gasteiger partial charge in [0.2, 0.25) is 0 Å². The molecule has 1 aromatic heterocycles. The van der Waals surface area contributed by atoms with Gasteiger partial charge < -0.3 is 9.47 Å². The van der Waals surface area contributed by atoms with E-state index in [0.29, 0.717) is 17.7 Å². The van der Waals surface area contributed by atoms with Gasteiger partial charge in [0.05, 0.1) is 11.0 Å². The Morgan fingerprint density at radius 1 is 1.06 bits per heavy atom. The van der Waals surface area contributed by atoms with Gasteiger partial charge in [-0.15, -0.1) is 0 Å². The first-order valence-corrected chi connectivity index (χ1v) is 13.2. The van der Waals surface area contributed by atoms with Gasteiger partial charge in [-0.25, -0.2) is 4.98 Å². The Labute approximate surface area is 211 Å². The molecule has 3 aromatic rings. The van der Waals surface area contributed by atoms with E-state index in [-0.39, 0.29) is 17.5 Å². The summed E-state index contributed by atoms with van der Waals surface area (Å²) in [6, 6.07) is 18.8. The van der Waals surface area contributed by atoms with E-state index in [2.05, 4.69) is 86.2 Å². The van der Waals surface area contributed by atoms with E-state index in [1.165, 1.54) is 5.56 Å². The van der Waals surface area contributed by atoms with E-state index in [4.69, 9.17) is 4.98 Å². The summed E-state index contributed by atoms with van der Waals surface area (Å²) in [5.41, 5.74) is 3.28. The molecule has 1 amide bonds. The second-order valence-corrected chi connectivity index (χ2v) is 11.7. The lowest BCUT2D eigenvalue weighted by Gasteiger charge is -2.47. The number of carbonyl (C=O) groups excluding carboxylic acids is 1. The van der Waals surface area contributed by atoms with E-state index in [0.717, 1.165) is 50.1 Å². The molecular formula is C30H42N4O. The van der Waals surface area contributed by atoms with Crippen LogP contribution in [0.1, 0.15) is 64.1 Å². The molecule has 1 aliphatic rings. The minimum Gasteiger partial charge on any atom is -0.331 e. The minimum atomic E-state index is 0.0657. The van der Waals surface area contributed by atoms with E-state index in [9.17, 15) is 4.79 Å². The Bertz CT molecular complexity index is 1130. The van der Waals surface area contributed by atoms with Gasteiger partial charge in [-0.3, -0.25) is 9.69 Å². The molecule has 0 bridgehead atoms. The summed E-state index contributed by atoms with van der Waals surface area (Å²) in [4.78, 5) is 23.8. The summed E-state index contributed by atoms with van der Waals surface area (Å²) >= 11 is 0. The van der Waals surface area contributed by atoms with E-state index in [1.54, 1.807) is 0 Å². The molecule has 5 nitrogen and oxygen atoms in total. The average Bonchev–Trinajstić information content (AvgIpc) is 3.19. The maximum Gasteiger partial charge on any atom is 0.290 e. The second kappa shape index (κ2) is 10.5. The predicted molar refractivity (Wildman–Crippen MR) is 145 cm³/mol. The molecule has 1 saturated heterocycles. The van der Waals surface area contributed by atoms with E-state index < -0.39 is 0 Å². The molecule has 0 unspecified atom stereocenters. The van der Waals surface area contributed by atoms with Crippen LogP contribution in [0.3, 0.4) is 0 Å². The van der Waals surface area contributed by atoms with Gasteiger partial charge in [0.25, 0.3) is 5.91 Å². The lowest BCUT2D eigenvalue weighted by atomic mass is 9.90. The third kappa shape index (κ3) is 5.95. The summed E-state index contributed by atoms with van der Waals surface area (Å²) in [5, 5.41) is 0. The number of para-hydroxylation sites is 2. The number of amides is 1. The molecule has 0 saturated carbocycles. The van der Waals surface area contributed by atoms with E-state index >= 15 is 0 Å². The summed E-state index contributed by atoms with van der Waals surface area (Å²) in [6.07, 6.45) is 1.90. The Hall–Kier alpha value is -2.66. The van der Waals surface area contributed by atoms with Crippen molar-refractivity contribution < 1.29 is 4.79 Å². The zero-order chi connectivity index (χ0) is 25.2. The van der Waals surface area contributed by atoms with Crippen molar-refractivity contribution in [1.82, 2.24) is 19.4 Å². The molecule has 2 atom stereocenters. The molecule has 2 aromatic carbocycles. The first kappa shape index (κ1) is 25.4. The Morgan fingerprint density at radius 3 is 2.43 bits per heavy atom. The first-order chi connectivity index (χ1) is 16.6. The number of aromatic nitrogens is 2. The van der Waals surface area contributed by atoms with Crippen LogP contribution in [0.4, 0.5) is 0 Å². The standard InChI is InChI=1S/C30H42N4O/c1-22(2)19-34(25-18-23(3)20-32(21-25)30(4,5)6)29(35)28-31-26-14-10-11-15-27(26)33(28)17-16-24-12-8-7-9-13-24/h7-15,22-23,25H,16-21H2,1-6H3/t23-,25+/m1/s1. The third-order valence-corrected chi connectivity index (χ3v) is 7.16. The minimum absolute atomic E-state index is 0.0657. The number of rotatable bonds is 7. The molecule has 2 heterocycles. The summed E-state index contributed by atoms with van der Waals surface area (Å²) in [5.74, 6) is 1.58. The van der Waals surface area contributed by atoms with Gasteiger partial charge >= 0.3 is 0 Å². The lowest BCUT2D eigenvalue weighted by Crippen LogP contribution is -2.57. The maximum absolute atomic E-state index is 14.3. The van der Waals surface area contributed by atoms with Crippen LogP contribution in [0.5, 0.6) is 0 Å². The number of aryl methyl sites for hydroxylation is 2. The highest BCUT2D eigenvalue weighted by Crippen LogP contribution is 2.28. The molecule has 0 N–H and O–H groups in total. The summed E-state index contributed by atoms with van der Waals surface area (Å²) < 4.78 is 2.14. The van der Waals surface area contributed by atoms with Crippen molar-refractivity contribution in [2.75, 3.05) is 19.6 Å². The normalized spacial score (nSPS) is 19.4. The fourth-order valence-electron chi connectivity index (χ4n) is 5.36. The largest absolute Gasteiger partial charge is 0.331 e. The highest BCUT2D eigenvalue weighted by molar-refractivity contribution is 5.95. The number of piperidine rings is 1. The van der Waals surface area contributed by atoms with Crippen molar-refractivity contribution in [2.24, 2.45) is 11.8 Å². The fourth-order valence-corrected chi connectivity index (χ4v) is 5.36. The number of imidazole rings is 1. The highest BCUT2D eigenvalue weighted by Gasteiger charge is 2.37. The number of nitrogens with zero attached hydrogens (tertiary/aromatic N) is 4. The number of carbonyl (C=O) groups is 1. The Morgan fingerprint density at radius 2 is 1.74 bits per heavy atom. The number of benzene rings is 2. The van der Waals surface area contributed by atoms with Crippen molar-refractivity contribution in [3.8, 4) is 0 Å². The number of hydrogen-bond acceptors (Lipinski definition) is 3. The lowest BCUT2D eigenvalue weighted by molar-refractivity contribution is 0.0151. The molecule has 35 heavy (non-hydrogen) atoms. The number of likely N-dealkylation sites (tertiary alicyclic amines) is 1. The smallest absolute Gasteiger partial charge is 0.290 e. The fraction of sp³-hybridized carbons (Fsp3) is 0.533. The van der Waals surface area contributed by atoms with Crippen molar-refractivity contribution in [3.05, 3.63) is 66.0 Å². The maximum atomic E-state index is 14.3. The van der Waals surface area contributed by atoms with Gasteiger partial charge in [0, 0.05) is 37.8 Å². The third-order valence-electron chi connectivity index (χ3n) is 7.16. The monoisotopic (exact) mass is 474 g/mol. The van der Waals surface area contributed by atoms with Crippen molar-refractivity contribution >= 4 is 16.9 Å². The van der Waals surface area contributed by atoms with Gasteiger partial charge in [-0.05, 0) is 63.1 Å². The van der Waals surface area contributed by atoms with E-state index in [1.807, 2.05) is 24.3 Å². The number of hydrogen-bond donors (Lipinski definition) is 0. The first-order valence-electron chi connectivity index (χ1n) is 13.2. The van der Waals surface area contributed by atoms with Crippen molar-refractivity contribution in [3.63, 3.8) is 0 Å². The molecule has 188 valence electrons. The molecule has 0 aliphatic carbocycles. The molecule has 1 fully saturated rings. The Balaban J connectivity index is 1.69. The SMILES string of the molecule is CC(C)CN(C(=O)c1nc2ccccc2n1CCc1ccccc1)[C@H]1C[C@@H](C)CN(C(C)(C)C)C1. The van der Waals surface area contributed by atoms with Crippen LogP contribution in [-0.2, 0) is 13.0 Å². The van der Waals surface area contributed by atoms with Gasteiger partial charge in [-0.2, -0.15) is 0 Å². The molecule has 0 spiro atoms. The highest BCUT2D eigenvalue weighted by atomic mass is 16.2. The van der Waals surface area contributed by atoms with Crippen LogP contribution in [0.15, 0.2) is 54.6 Å². The van der Waals surface area contributed by atoms with Crippen molar-refractivity contribution in [1.29, 1.82) is 0 Å². The second-order valence-electron chi connectivity index (χ2n) is 11.7. The van der Waals surface area contributed by atoms with Crippen LogP contribution >= 0.6 is 0 Å². The van der Waals surface area contributed by atoms with Crippen LogP contribution < -0.4 is 0 Å². The predicted octanol–water partition coefficient (Wildman–Crippen LogP) is 5.89. The van der Waals surface area contributed by atoms with Crippen LogP contribution in [0, 0.1) is 11.8 Å². The van der Waals surface area contributed by atoms with Gasteiger partial charge in [-0.1, -0.05) is 63.2 Å². The van der Waals surface area contributed by atoms with Crippen LogP contribution in [0.25, 0.3) is 11.0 Å². The molecule has 0 radical (unpaired) electrons. The topological polar surface area (TPSA) is 41.4 Å². The van der Waals surface area contributed by atoms with Gasteiger partial charge in [0.15, 0.2) is 5.82 Å². The Kier molecular flexibility index (Phi) is 7.65. The molecule has 1 aliphatic heterocycles. The number of fused-ring (bicyclic) bond motifs is 1. The molecular weight excluding hydrogens is 432 g/mol. The zero-order valence-electron chi connectivity index (χ0n) is 22.4. The van der Waals surface area contributed by atoms with Crippen molar-refractivity contribution in [2.45, 2.75) is 72.5 Å². The zero-order valence-corrected chi connectivity index (χ0v) is 22.4. The quantitative estimate of drug-likeness (QED) is 0.429. The molecule has 5 heteroatoms. The summed E-state index contributed by atoms with van der Waals surface area (Å²) in [6.45, 7) is 17.0. The average molecular weight is 475 g/mol. The van der Waals surface area contributed by atoms with Crippen LogP contribution in [0.2, 0.25) is 0 Å².